The van der Waals surface area contributed by atoms with Gasteiger partial charge in [0.15, 0.2) is 43.1 Å². The number of benzene rings is 1. The first-order valence-corrected chi connectivity index (χ1v) is 14.3. The molecule has 0 aliphatic carbocycles. The summed E-state index contributed by atoms with van der Waals surface area (Å²) in [6.45, 7) is 5.90. The van der Waals surface area contributed by atoms with Gasteiger partial charge in [0.05, 0.1) is 13.2 Å². The lowest BCUT2D eigenvalue weighted by atomic mass is 9.97. The Bertz CT molecular complexity index is 1230. The van der Waals surface area contributed by atoms with Crippen molar-refractivity contribution >= 4 is 35.8 Å². The Morgan fingerprint density at radius 2 is 1.13 bits per heavy atom. The van der Waals surface area contributed by atoms with Gasteiger partial charge in [-0.1, -0.05) is 30.3 Å². The molecule has 2 aliphatic rings. The standard InChI is InChI=1S/C30H38O16/c1-15(31)37-13-22-24(40-16(2)32)26(42-18(4)34)28(44-20(6)36)30(45-22)46-23-14-39-29(38-12-21-10-8-7-9-11-21)27(43-19(5)35)25(23)41-17(3)33/h7-11,22-30H,12-14H2,1-6H3/t22-,23-,24+,25+,26+,27-,28-,29-,30+/m1/s1. The molecular weight excluding hydrogens is 616 g/mol. The van der Waals surface area contributed by atoms with Crippen LogP contribution < -0.4 is 0 Å². The minimum Gasteiger partial charge on any atom is -0.463 e. The highest BCUT2D eigenvalue weighted by Crippen LogP contribution is 2.33. The highest BCUT2D eigenvalue weighted by Gasteiger charge is 2.55. The first-order chi connectivity index (χ1) is 21.7. The molecule has 0 saturated carbocycles. The molecule has 16 heteroatoms. The Morgan fingerprint density at radius 1 is 0.630 bits per heavy atom. The third kappa shape index (κ3) is 10.8. The van der Waals surface area contributed by atoms with Crippen LogP contribution in [0.3, 0.4) is 0 Å². The van der Waals surface area contributed by atoms with Gasteiger partial charge >= 0.3 is 35.8 Å². The zero-order valence-corrected chi connectivity index (χ0v) is 26.2. The van der Waals surface area contributed by atoms with E-state index in [2.05, 4.69) is 0 Å². The number of hydrogen-bond donors (Lipinski definition) is 0. The van der Waals surface area contributed by atoms with Gasteiger partial charge in [0.2, 0.25) is 0 Å². The van der Waals surface area contributed by atoms with Crippen LogP contribution in [0.15, 0.2) is 30.3 Å². The van der Waals surface area contributed by atoms with E-state index < -0.39 is 97.7 Å². The molecule has 2 heterocycles. The third-order valence-electron chi connectivity index (χ3n) is 6.50. The second-order valence-electron chi connectivity index (χ2n) is 10.4. The van der Waals surface area contributed by atoms with Gasteiger partial charge in [-0.25, -0.2) is 0 Å². The normalized spacial score (nSPS) is 29.0. The number of hydrogen-bond acceptors (Lipinski definition) is 16. The number of carbonyl (C=O) groups is 6. The highest BCUT2D eigenvalue weighted by molar-refractivity contribution is 5.69. The summed E-state index contributed by atoms with van der Waals surface area (Å²) in [6.07, 6.45) is -12.5. The lowest BCUT2D eigenvalue weighted by Crippen LogP contribution is -2.65. The van der Waals surface area contributed by atoms with E-state index in [4.69, 9.17) is 47.4 Å². The van der Waals surface area contributed by atoms with Gasteiger partial charge < -0.3 is 47.4 Å². The van der Waals surface area contributed by atoms with Crippen LogP contribution in [0, 0.1) is 0 Å². The number of esters is 6. The van der Waals surface area contributed by atoms with Crippen molar-refractivity contribution in [3.63, 3.8) is 0 Å². The zero-order valence-electron chi connectivity index (χ0n) is 26.2. The van der Waals surface area contributed by atoms with E-state index in [-0.39, 0.29) is 13.2 Å². The summed E-state index contributed by atoms with van der Waals surface area (Å²) in [5, 5.41) is 0. The molecule has 0 N–H and O–H groups in total. The Balaban J connectivity index is 1.97. The molecule has 16 nitrogen and oxygen atoms in total. The van der Waals surface area contributed by atoms with E-state index in [0.29, 0.717) is 0 Å². The topological polar surface area (TPSA) is 195 Å². The van der Waals surface area contributed by atoms with Crippen LogP contribution in [0.4, 0.5) is 0 Å². The van der Waals surface area contributed by atoms with E-state index in [1.54, 1.807) is 0 Å². The Kier molecular flexibility index (Phi) is 13.4. The second-order valence-corrected chi connectivity index (χ2v) is 10.4. The Hall–Kier alpha value is -4.12. The van der Waals surface area contributed by atoms with Crippen molar-refractivity contribution < 1.29 is 76.1 Å². The van der Waals surface area contributed by atoms with Crippen LogP contribution in [-0.2, 0) is 82.7 Å². The van der Waals surface area contributed by atoms with Crippen LogP contribution in [0.2, 0.25) is 0 Å². The number of ether oxygens (including phenoxy) is 10. The molecule has 0 radical (unpaired) electrons. The van der Waals surface area contributed by atoms with E-state index in [1.807, 2.05) is 30.3 Å². The first kappa shape index (κ1) is 36.3. The second kappa shape index (κ2) is 17.0. The summed E-state index contributed by atoms with van der Waals surface area (Å²) >= 11 is 0. The van der Waals surface area contributed by atoms with E-state index in [9.17, 15) is 28.8 Å². The van der Waals surface area contributed by atoms with Crippen molar-refractivity contribution in [1.29, 1.82) is 0 Å². The fourth-order valence-electron chi connectivity index (χ4n) is 4.88. The maximum atomic E-state index is 12.2. The van der Waals surface area contributed by atoms with E-state index >= 15 is 0 Å². The van der Waals surface area contributed by atoms with Gasteiger partial charge in [-0.3, -0.25) is 28.8 Å². The van der Waals surface area contributed by atoms with Crippen LogP contribution in [0.1, 0.15) is 47.1 Å². The van der Waals surface area contributed by atoms with Crippen molar-refractivity contribution in [2.45, 2.75) is 103 Å². The average Bonchev–Trinajstić information content (AvgIpc) is 2.95. The van der Waals surface area contributed by atoms with Crippen molar-refractivity contribution in [2.75, 3.05) is 13.2 Å². The molecule has 254 valence electrons. The number of carbonyl (C=O) groups excluding carboxylic acids is 6. The molecule has 0 aromatic heterocycles. The summed E-state index contributed by atoms with van der Waals surface area (Å²) < 4.78 is 56.3. The van der Waals surface area contributed by atoms with Crippen molar-refractivity contribution in [2.24, 2.45) is 0 Å². The lowest BCUT2D eigenvalue weighted by molar-refractivity contribution is -0.347. The smallest absolute Gasteiger partial charge is 0.303 e. The monoisotopic (exact) mass is 654 g/mol. The summed E-state index contributed by atoms with van der Waals surface area (Å²) in [6, 6.07) is 9.06. The fourth-order valence-corrected chi connectivity index (χ4v) is 4.88. The molecule has 2 saturated heterocycles. The summed E-state index contributed by atoms with van der Waals surface area (Å²) in [4.78, 5) is 72.4. The number of rotatable bonds is 12. The quantitative estimate of drug-likeness (QED) is 0.227. The van der Waals surface area contributed by atoms with Crippen LogP contribution in [-0.4, -0.2) is 104 Å². The summed E-state index contributed by atoms with van der Waals surface area (Å²) in [5.74, 6) is -4.69. The minimum atomic E-state index is -1.62. The molecule has 0 spiro atoms. The summed E-state index contributed by atoms with van der Waals surface area (Å²) in [5.41, 5.74) is 0.785. The highest BCUT2D eigenvalue weighted by atomic mass is 16.8. The van der Waals surface area contributed by atoms with E-state index in [1.165, 1.54) is 0 Å². The minimum absolute atomic E-state index is 0.0568. The lowest BCUT2D eigenvalue weighted by Gasteiger charge is -2.46. The van der Waals surface area contributed by atoms with Crippen molar-refractivity contribution in [1.82, 2.24) is 0 Å². The molecule has 3 rings (SSSR count). The van der Waals surface area contributed by atoms with Crippen LogP contribution >= 0.6 is 0 Å². The van der Waals surface area contributed by atoms with E-state index in [0.717, 1.165) is 47.1 Å². The fraction of sp³-hybridized carbons (Fsp3) is 0.600. The third-order valence-corrected chi connectivity index (χ3v) is 6.50. The molecule has 1 aromatic carbocycles. The molecule has 2 aliphatic heterocycles. The van der Waals surface area contributed by atoms with Crippen LogP contribution in [0.25, 0.3) is 0 Å². The average molecular weight is 655 g/mol. The molecule has 0 amide bonds. The molecule has 9 atom stereocenters. The molecule has 0 unspecified atom stereocenters. The molecule has 1 aromatic rings. The van der Waals surface area contributed by atoms with Crippen LogP contribution in [0.5, 0.6) is 0 Å². The Labute approximate surface area is 264 Å². The van der Waals surface area contributed by atoms with Crippen molar-refractivity contribution in [3.8, 4) is 0 Å². The van der Waals surface area contributed by atoms with Gasteiger partial charge in [0, 0.05) is 41.5 Å². The zero-order chi connectivity index (χ0) is 34.0. The summed E-state index contributed by atoms with van der Waals surface area (Å²) in [7, 11) is 0. The Morgan fingerprint density at radius 3 is 1.67 bits per heavy atom. The van der Waals surface area contributed by atoms with Gasteiger partial charge in [0.1, 0.15) is 18.8 Å². The maximum Gasteiger partial charge on any atom is 0.303 e. The van der Waals surface area contributed by atoms with Gasteiger partial charge in [-0.05, 0) is 5.56 Å². The largest absolute Gasteiger partial charge is 0.463 e. The predicted octanol–water partition coefficient (Wildman–Crippen LogP) is 0.891. The first-order valence-electron chi connectivity index (χ1n) is 14.3. The van der Waals surface area contributed by atoms with Crippen molar-refractivity contribution in [3.05, 3.63) is 35.9 Å². The van der Waals surface area contributed by atoms with Gasteiger partial charge in [0.25, 0.3) is 0 Å². The molecule has 2 fully saturated rings. The predicted molar refractivity (Wildman–Crippen MR) is 149 cm³/mol. The maximum absolute atomic E-state index is 12.2. The van der Waals surface area contributed by atoms with Gasteiger partial charge in [-0.2, -0.15) is 0 Å². The molecule has 0 bridgehead atoms. The molecular formula is C30H38O16. The van der Waals surface area contributed by atoms with Gasteiger partial charge in [-0.15, -0.1) is 0 Å². The SMILES string of the molecule is CC(=O)OC[C@H]1O[C@@H](O[C@@H]2CO[C@@H](OCc3ccccc3)[C@H](OC(C)=O)[C@H]2OC(C)=O)[C@H](OC(C)=O)[C@@H](OC(C)=O)[C@H]1OC(C)=O. The molecule has 46 heavy (non-hydrogen) atoms.